The fraction of sp³-hybridized carbons (Fsp3) is 0.120. The van der Waals surface area contributed by atoms with Gasteiger partial charge in [-0.15, -0.1) is 0 Å². The number of hydrogen-bond donors (Lipinski definition) is 0. The van der Waals surface area contributed by atoms with Crippen LogP contribution in [0.3, 0.4) is 0 Å². The number of allylic oxidation sites excluding steroid dienone is 1. The zero-order valence-electron chi connectivity index (χ0n) is 17.0. The fourth-order valence-corrected chi connectivity index (χ4v) is 4.47. The van der Waals surface area contributed by atoms with Gasteiger partial charge in [0.1, 0.15) is 6.61 Å². The molecule has 0 fully saturated rings. The molecule has 0 bridgehead atoms. The molecule has 0 saturated carbocycles. The third-order valence-corrected chi connectivity index (χ3v) is 6.11. The smallest absolute Gasteiger partial charge is 0.197 e. The third-order valence-electron chi connectivity index (χ3n) is 4.94. The monoisotopic (exact) mass is 530 g/mol. The van der Waals surface area contributed by atoms with Gasteiger partial charge in [0.05, 0.1) is 16.7 Å². The molecule has 3 aromatic rings. The maximum absolute atomic E-state index is 12.7. The van der Waals surface area contributed by atoms with Crippen molar-refractivity contribution in [2.24, 2.45) is 0 Å². The van der Waals surface area contributed by atoms with E-state index in [1.54, 1.807) is 60.7 Å². The molecule has 0 atom stereocenters. The topological polar surface area (TPSA) is 52.6 Å². The molecule has 0 amide bonds. The molecule has 0 N–H and O–H groups in total. The Bertz CT molecular complexity index is 1230. The van der Waals surface area contributed by atoms with Crippen molar-refractivity contribution in [3.8, 4) is 11.5 Å². The lowest BCUT2D eigenvalue weighted by atomic mass is 10.1. The van der Waals surface area contributed by atoms with Crippen molar-refractivity contribution in [1.29, 1.82) is 0 Å². The lowest BCUT2D eigenvalue weighted by Crippen LogP contribution is -2.03. The molecule has 0 spiro atoms. The second-order valence-electron chi connectivity index (χ2n) is 7.05. The van der Waals surface area contributed by atoms with Crippen molar-refractivity contribution >= 4 is 56.8 Å². The highest BCUT2D eigenvalue weighted by Gasteiger charge is 2.32. The van der Waals surface area contributed by atoms with Gasteiger partial charge in [-0.1, -0.05) is 53.5 Å². The molecule has 1 aliphatic rings. The van der Waals surface area contributed by atoms with E-state index in [0.717, 1.165) is 5.56 Å². The number of benzene rings is 3. The second-order valence-corrected chi connectivity index (χ2v) is 8.75. The molecule has 1 aliphatic carbocycles. The van der Waals surface area contributed by atoms with Crippen LogP contribution in [0.15, 0.2) is 64.6 Å². The summed E-state index contributed by atoms with van der Waals surface area (Å²) in [6.07, 6.45) is 1.58. The van der Waals surface area contributed by atoms with Crippen LogP contribution in [0.2, 0.25) is 10.0 Å². The molecular formula is C25H17BrCl2O4. The molecule has 0 radical (unpaired) electrons. The first-order valence-electron chi connectivity index (χ1n) is 9.82. The molecule has 0 saturated heterocycles. The number of hydrogen-bond acceptors (Lipinski definition) is 4. The summed E-state index contributed by atoms with van der Waals surface area (Å²) in [5.74, 6) is 0.413. The Hall–Kier alpha value is -2.60. The number of ether oxygens (including phenoxy) is 2. The number of fused-ring (bicyclic) bond motifs is 1. The van der Waals surface area contributed by atoms with Gasteiger partial charge in [-0.3, -0.25) is 9.59 Å². The Morgan fingerprint density at radius 1 is 0.938 bits per heavy atom. The minimum atomic E-state index is -0.280. The Kier molecular flexibility index (Phi) is 6.70. The maximum Gasteiger partial charge on any atom is 0.197 e. The van der Waals surface area contributed by atoms with Crippen molar-refractivity contribution in [3.05, 3.63) is 96.9 Å². The first-order chi connectivity index (χ1) is 15.4. The van der Waals surface area contributed by atoms with Crippen molar-refractivity contribution in [2.75, 3.05) is 6.61 Å². The quantitative estimate of drug-likeness (QED) is 0.249. The lowest BCUT2D eigenvalue weighted by molar-refractivity contribution is 0.0990. The largest absolute Gasteiger partial charge is 0.490 e. The van der Waals surface area contributed by atoms with Crippen molar-refractivity contribution in [3.63, 3.8) is 0 Å². The van der Waals surface area contributed by atoms with Gasteiger partial charge in [0.25, 0.3) is 0 Å². The third kappa shape index (κ3) is 4.46. The van der Waals surface area contributed by atoms with Gasteiger partial charge in [-0.2, -0.15) is 0 Å². The predicted molar refractivity (Wildman–Crippen MR) is 129 cm³/mol. The fourth-order valence-electron chi connectivity index (χ4n) is 3.43. The van der Waals surface area contributed by atoms with Crippen LogP contribution in [0.5, 0.6) is 11.5 Å². The van der Waals surface area contributed by atoms with Gasteiger partial charge in [0, 0.05) is 26.7 Å². The number of rotatable bonds is 6. The molecule has 0 heterocycles. The average Bonchev–Trinajstić information content (AvgIpc) is 3.00. The van der Waals surface area contributed by atoms with Crippen LogP contribution in [0.25, 0.3) is 6.08 Å². The Morgan fingerprint density at radius 3 is 2.25 bits per heavy atom. The molecule has 0 aliphatic heterocycles. The first-order valence-corrected chi connectivity index (χ1v) is 11.4. The summed E-state index contributed by atoms with van der Waals surface area (Å²) in [5, 5.41) is 1.05. The molecule has 162 valence electrons. The summed E-state index contributed by atoms with van der Waals surface area (Å²) in [4.78, 5) is 25.4. The van der Waals surface area contributed by atoms with E-state index in [1.165, 1.54) is 0 Å². The van der Waals surface area contributed by atoms with Crippen LogP contribution in [0.4, 0.5) is 0 Å². The summed E-state index contributed by atoms with van der Waals surface area (Å²) in [6.45, 7) is 2.48. The molecule has 3 aromatic carbocycles. The van der Waals surface area contributed by atoms with Crippen LogP contribution < -0.4 is 9.47 Å². The van der Waals surface area contributed by atoms with E-state index in [4.69, 9.17) is 32.7 Å². The highest BCUT2D eigenvalue weighted by molar-refractivity contribution is 9.10. The van der Waals surface area contributed by atoms with Crippen molar-refractivity contribution in [2.45, 2.75) is 13.5 Å². The molecule has 32 heavy (non-hydrogen) atoms. The Labute approximate surface area is 203 Å². The first kappa shape index (κ1) is 22.6. The van der Waals surface area contributed by atoms with Gasteiger partial charge < -0.3 is 9.47 Å². The highest BCUT2D eigenvalue weighted by atomic mass is 79.9. The van der Waals surface area contributed by atoms with E-state index in [2.05, 4.69) is 15.9 Å². The van der Waals surface area contributed by atoms with Crippen LogP contribution in [-0.2, 0) is 6.61 Å². The zero-order chi connectivity index (χ0) is 22.8. The number of carbonyl (C=O) groups is 2. The van der Waals surface area contributed by atoms with E-state index in [0.29, 0.717) is 49.3 Å². The minimum Gasteiger partial charge on any atom is -0.490 e. The van der Waals surface area contributed by atoms with E-state index in [9.17, 15) is 9.59 Å². The van der Waals surface area contributed by atoms with Crippen LogP contribution >= 0.6 is 39.1 Å². The van der Waals surface area contributed by atoms with E-state index < -0.39 is 0 Å². The number of ketones is 2. The standard InChI is InChI=1S/C25H17BrCl2O4/c1-2-31-22-11-14(9-19-23(29)17-5-3-4-6-18(17)24(19)30)10-20(26)25(22)32-13-15-7-8-16(27)12-21(15)28/h3-12H,2,13H2,1H3. The normalized spacial score (nSPS) is 12.7. The Morgan fingerprint density at radius 2 is 1.62 bits per heavy atom. The predicted octanol–water partition coefficient (Wildman–Crippen LogP) is 7.20. The zero-order valence-corrected chi connectivity index (χ0v) is 20.1. The van der Waals surface area contributed by atoms with Gasteiger partial charge in [0.15, 0.2) is 23.1 Å². The van der Waals surface area contributed by atoms with Crippen LogP contribution in [0.1, 0.15) is 38.8 Å². The summed E-state index contributed by atoms with van der Waals surface area (Å²) in [7, 11) is 0. The van der Waals surface area contributed by atoms with Crippen molar-refractivity contribution in [1.82, 2.24) is 0 Å². The summed E-state index contributed by atoms with van der Waals surface area (Å²) in [6, 6.07) is 15.5. The van der Waals surface area contributed by atoms with E-state index >= 15 is 0 Å². The summed E-state index contributed by atoms with van der Waals surface area (Å²) in [5.41, 5.74) is 2.39. The molecule has 0 unspecified atom stereocenters. The number of halogens is 3. The van der Waals surface area contributed by atoms with E-state index in [-0.39, 0.29) is 23.7 Å². The summed E-state index contributed by atoms with van der Waals surface area (Å²) < 4.78 is 12.4. The van der Waals surface area contributed by atoms with Gasteiger partial charge in [-0.05, 0) is 58.8 Å². The maximum atomic E-state index is 12.7. The number of carbonyl (C=O) groups excluding carboxylic acids is 2. The van der Waals surface area contributed by atoms with Crippen LogP contribution in [0, 0.1) is 0 Å². The summed E-state index contributed by atoms with van der Waals surface area (Å²) >= 11 is 15.7. The molecular weight excluding hydrogens is 515 g/mol. The molecule has 4 nitrogen and oxygen atoms in total. The molecule has 7 heteroatoms. The van der Waals surface area contributed by atoms with Gasteiger partial charge in [0.2, 0.25) is 0 Å². The molecule has 4 rings (SSSR count). The lowest BCUT2D eigenvalue weighted by Gasteiger charge is -2.15. The molecule has 0 aromatic heterocycles. The highest BCUT2D eigenvalue weighted by Crippen LogP contribution is 2.39. The van der Waals surface area contributed by atoms with Crippen LogP contribution in [-0.4, -0.2) is 18.2 Å². The van der Waals surface area contributed by atoms with E-state index in [1.807, 2.05) is 6.92 Å². The van der Waals surface area contributed by atoms with Gasteiger partial charge in [-0.25, -0.2) is 0 Å². The SMILES string of the molecule is CCOc1cc(C=C2C(=O)c3ccccc3C2=O)cc(Br)c1OCc1ccc(Cl)cc1Cl. The minimum absolute atomic E-state index is 0.127. The Balaban J connectivity index is 1.65. The second kappa shape index (κ2) is 9.49. The van der Waals surface area contributed by atoms with Crippen molar-refractivity contribution < 1.29 is 19.1 Å². The van der Waals surface area contributed by atoms with Gasteiger partial charge >= 0.3 is 0 Å². The number of Topliss-reactive ketones (excluding diaryl/α,β-unsaturated/α-hetero) is 2. The average molecular weight is 532 g/mol.